The topological polar surface area (TPSA) is 106 Å². The molecule has 2 aliphatic rings. The predicted molar refractivity (Wildman–Crippen MR) is 113 cm³/mol. The third kappa shape index (κ3) is 4.38. The molecule has 1 aliphatic heterocycles. The van der Waals surface area contributed by atoms with Crippen LogP contribution in [0.1, 0.15) is 45.6 Å². The molecule has 3 amide bonds. The van der Waals surface area contributed by atoms with Crippen molar-refractivity contribution >= 4 is 28.9 Å². The summed E-state index contributed by atoms with van der Waals surface area (Å²) in [6.07, 6.45) is -2.99. The first-order valence-corrected chi connectivity index (χ1v) is 10.7. The van der Waals surface area contributed by atoms with Crippen LogP contribution < -0.4 is 15.7 Å². The molecule has 182 valence electrons. The van der Waals surface area contributed by atoms with Crippen LogP contribution in [0, 0.1) is 11.3 Å². The number of imide groups is 1. The van der Waals surface area contributed by atoms with Crippen LogP contribution in [0.15, 0.2) is 33.5 Å². The molecule has 11 heteroatoms. The van der Waals surface area contributed by atoms with E-state index in [1.165, 1.54) is 0 Å². The zero-order valence-electron chi connectivity index (χ0n) is 18.7. The third-order valence-electron chi connectivity index (χ3n) is 6.16. The van der Waals surface area contributed by atoms with Gasteiger partial charge >= 0.3 is 23.8 Å². The first-order valence-electron chi connectivity index (χ1n) is 10.7. The maximum absolute atomic E-state index is 13.2. The number of carbonyl (C=O) groups is 3. The summed E-state index contributed by atoms with van der Waals surface area (Å²) in [7, 11) is 0. The fourth-order valence-corrected chi connectivity index (χ4v) is 5.38. The lowest BCUT2D eigenvalue weighted by Gasteiger charge is -2.43. The van der Waals surface area contributed by atoms with Crippen LogP contribution in [0.5, 0.6) is 5.75 Å². The average Bonchev–Trinajstić information content (AvgIpc) is 2.88. The van der Waals surface area contributed by atoms with Gasteiger partial charge in [0.15, 0.2) is 0 Å². The molecule has 4 rings (SSSR count). The van der Waals surface area contributed by atoms with Crippen LogP contribution in [-0.2, 0) is 15.8 Å². The number of rotatable bonds is 3. The van der Waals surface area contributed by atoms with Crippen molar-refractivity contribution in [3.8, 4) is 5.75 Å². The van der Waals surface area contributed by atoms with Crippen molar-refractivity contribution in [2.75, 3.05) is 6.54 Å². The van der Waals surface area contributed by atoms with E-state index < -0.39 is 52.9 Å². The molecular formula is C23H23F3N2O6. The highest BCUT2D eigenvalue weighted by molar-refractivity contribution is 6.09. The van der Waals surface area contributed by atoms with Gasteiger partial charge in [0, 0.05) is 17.5 Å². The summed E-state index contributed by atoms with van der Waals surface area (Å²) in [4.78, 5) is 50.5. The van der Waals surface area contributed by atoms with Gasteiger partial charge in [-0.05, 0) is 42.7 Å². The van der Waals surface area contributed by atoms with Gasteiger partial charge in [0.05, 0.1) is 5.56 Å². The van der Waals surface area contributed by atoms with Crippen LogP contribution in [0.25, 0.3) is 11.0 Å². The van der Waals surface area contributed by atoms with E-state index in [1.807, 2.05) is 20.8 Å². The second-order valence-corrected chi connectivity index (χ2v) is 9.87. The lowest BCUT2D eigenvalue weighted by atomic mass is 9.64. The largest absolute Gasteiger partial charge is 0.425 e. The molecule has 1 aromatic carbocycles. The second kappa shape index (κ2) is 7.85. The van der Waals surface area contributed by atoms with Crippen LogP contribution in [-0.4, -0.2) is 34.9 Å². The summed E-state index contributed by atoms with van der Waals surface area (Å²) < 4.78 is 49.5. The highest BCUT2D eigenvalue weighted by atomic mass is 19.4. The van der Waals surface area contributed by atoms with Crippen molar-refractivity contribution in [1.29, 1.82) is 0 Å². The van der Waals surface area contributed by atoms with Gasteiger partial charge in [-0.15, -0.1) is 0 Å². The molecule has 0 radical (unpaired) electrons. The number of carbonyl (C=O) groups excluding carboxylic acids is 3. The molecule has 1 aromatic heterocycles. The molecule has 1 N–H and O–H groups in total. The number of urea groups is 1. The molecule has 2 aromatic rings. The number of hydrogen-bond acceptors (Lipinski definition) is 6. The van der Waals surface area contributed by atoms with Crippen LogP contribution in [0.4, 0.5) is 18.0 Å². The van der Waals surface area contributed by atoms with E-state index in [4.69, 9.17) is 9.15 Å². The monoisotopic (exact) mass is 480 g/mol. The number of esters is 1. The minimum atomic E-state index is -4.78. The molecule has 1 spiro atoms. The van der Waals surface area contributed by atoms with Crippen molar-refractivity contribution in [3.05, 3.63) is 40.2 Å². The maximum atomic E-state index is 13.2. The van der Waals surface area contributed by atoms with E-state index >= 15 is 0 Å². The minimum Gasteiger partial charge on any atom is -0.425 e. The Morgan fingerprint density at radius 2 is 1.91 bits per heavy atom. The summed E-state index contributed by atoms with van der Waals surface area (Å²) in [5.41, 5.74) is -4.07. The standard InChI is InChI=1S/C23H23F3N2O6/c1-12-8-21(2,3)11-22(9-12)19(31)28(20(32)27-22)10-18(30)33-13-4-5-14-15(23(24,25)26)7-17(29)34-16(14)6-13/h4-7,12H,8-11H2,1-3H3,(H,27,32)/t12-,22-/m1/s1. The Morgan fingerprint density at radius 3 is 2.56 bits per heavy atom. The quantitative estimate of drug-likeness (QED) is 0.310. The van der Waals surface area contributed by atoms with Gasteiger partial charge in [0.2, 0.25) is 0 Å². The molecule has 2 atom stereocenters. The van der Waals surface area contributed by atoms with E-state index in [2.05, 4.69) is 5.32 Å². The van der Waals surface area contributed by atoms with E-state index in [0.717, 1.165) is 29.5 Å². The number of hydrogen-bond donors (Lipinski definition) is 1. The van der Waals surface area contributed by atoms with Crippen molar-refractivity contribution < 1.29 is 36.7 Å². The zero-order valence-corrected chi connectivity index (χ0v) is 18.7. The number of benzene rings is 1. The van der Waals surface area contributed by atoms with Gasteiger partial charge in [-0.2, -0.15) is 13.2 Å². The summed E-state index contributed by atoms with van der Waals surface area (Å²) in [6.45, 7) is 5.36. The van der Waals surface area contributed by atoms with Gasteiger partial charge in [0.25, 0.3) is 5.91 Å². The molecule has 0 bridgehead atoms. The molecular weight excluding hydrogens is 457 g/mol. The van der Waals surface area contributed by atoms with Gasteiger partial charge in [-0.3, -0.25) is 9.69 Å². The van der Waals surface area contributed by atoms with Crippen molar-refractivity contribution in [2.24, 2.45) is 11.3 Å². The number of ether oxygens (including phenoxy) is 1. The molecule has 34 heavy (non-hydrogen) atoms. The second-order valence-electron chi connectivity index (χ2n) is 9.87. The molecule has 0 unspecified atom stereocenters. The zero-order chi connectivity index (χ0) is 25.1. The fourth-order valence-electron chi connectivity index (χ4n) is 5.38. The van der Waals surface area contributed by atoms with Gasteiger partial charge in [0.1, 0.15) is 23.4 Å². The van der Waals surface area contributed by atoms with Crippen LogP contribution >= 0.6 is 0 Å². The summed E-state index contributed by atoms with van der Waals surface area (Å²) in [6, 6.07) is 2.73. The smallest absolute Gasteiger partial charge is 0.417 e. The number of halogens is 3. The van der Waals surface area contributed by atoms with E-state index in [-0.39, 0.29) is 22.5 Å². The molecule has 1 saturated heterocycles. The fraction of sp³-hybridized carbons (Fsp3) is 0.478. The number of amides is 3. The molecule has 1 saturated carbocycles. The number of fused-ring (bicyclic) bond motifs is 1. The number of alkyl halides is 3. The summed E-state index contributed by atoms with van der Waals surface area (Å²) in [5.74, 6) is -1.49. The Labute approximate surface area is 192 Å². The Balaban J connectivity index is 1.52. The normalized spacial score (nSPS) is 24.5. The van der Waals surface area contributed by atoms with Crippen molar-refractivity contribution in [3.63, 3.8) is 0 Å². The minimum absolute atomic E-state index is 0.179. The Morgan fingerprint density at radius 1 is 1.21 bits per heavy atom. The Bertz CT molecular complexity index is 1250. The molecule has 1 aliphatic carbocycles. The Kier molecular flexibility index (Phi) is 5.49. The predicted octanol–water partition coefficient (Wildman–Crippen LogP) is 3.85. The van der Waals surface area contributed by atoms with E-state index in [0.29, 0.717) is 18.9 Å². The lowest BCUT2D eigenvalue weighted by Crippen LogP contribution is -2.54. The Hall–Kier alpha value is -3.37. The van der Waals surface area contributed by atoms with Gasteiger partial charge in [-0.1, -0.05) is 20.8 Å². The molecule has 2 heterocycles. The summed E-state index contributed by atoms with van der Waals surface area (Å²) in [5, 5.41) is 2.37. The van der Waals surface area contributed by atoms with E-state index in [1.54, 1.807) is 0 Å². The number of nitrogens with one attached hydrogen (secondary N) is 1. The first kappa shape index (κ1) is 23.8. The van der Waals surface area contributed by atoms with Crippen LogP contribution in [0.2, 0.25) is 0 Å². The average molecular weight is 480 g/mol. The highest BCUT2D eigenvalue weighted by Crippen LogP contribution is 2.46. The van der Waals surface area contributed by atoms with Gasteiger partial charge in [-0.25, -0.2) is 14.4 Å². The molecule has 8 nitrogen and oxygen atoms in total. The first-order chi connectivity index (χ1) is 15.7. The van der Waals surface area contributed by atoms with Crippen molar-refractivity contribution in [2.45, 2.75) is 51.7 Å². The van der Waals surface area contributed by atoms with Crippen molar-refractivity contribution in [1.82, 2.24) is 10.2 Å². The molecule has 2 fully saturated rings. The third-order valence-corrected chi connectivity index (χ3v) is 6.16. The van der Waals surface area contributed by atoms with Gasteiger partial charge < -0.3 is 14.5 Å². The van der Waals surface area contributed by atoms with E-state index in [9.17, 15) is 32.3 Å². The number of nitrogens with zero attached hydrogens (tertiary/aromatic N) is 1. The summed E-state index contributed by atoms with van der Waals surface area (Å²) >= 11 is 0. The highest BCUT2D eigenvalue weighted by Gasteiger charge is 2.56. The SMILES string of the molecule is C[C@@H]1CC(C)(C)C[C@@]2(C1)NC(=O)N(CC(=O)Oc1ccc3c(C(F)(F)F)cc(=O)oc3c1)C2=O. The maximum Gasteiger partial charge on any atom is 0.417 e. The lowest BCUT2D eigenvalue weighted by molar-refractivity contribution is -0.142. The van der Waals surface area contributed by atoms with Crippen LogP contribution in [0.3, 0.4) is 0 Å².